The molecule has 0 radical (unpaired) electrons. The molecule has 1 aromatic rings. The molecule has 3 N–H and O–H groups in total. The minimum Gasteiger partial charge on any atom is -0.493 e. The largest absolute Gasteiger partial charge is 0.493 e. The van der Waals surface area contributed by atoms with Crippen molar-refractivity contribution in [2.45, 2.75) is 50.3 Å². The lowest BCUT2D eigenvalue weighted by Gasteiger charge is -2.32. The highest BCUT2D eigenvalue weighted by Crippen LogP contribution is 2.42. The smallest absolute Gasteiger partial charge is 0.203 e. The van der Waals surface area contributed by atoms with Gasteiger partial charge in [-0.3, -0.25) is 10.2 Å². The van der Waals surface area contributed by atoms with E-state index in [-0.39, 0.29) is 6.61 Å². The molecule has 2 aliphatic heterocycles. The molecule has 1 saturated carbocycles. The molecule has 1 aliphatic carbocycles. The van der Waals surface area contributed by atoms with E-state index < -0.39 is 17.9 Å². The highest BCUT2D eigenvalue weighted by atomic mass is 16.6. The number of methoxy groups -OCH3 is 3. The van der Waals surface area contributed by atoms with Gasteiger partial charge >= 0.3 is 0 Å². The van der Waals surface area contributed by atoms with Crippen LogP contribution in [0.15, 0.2) is 12.1 Å². The van der Waals surface area contributed by atoms with Gasteiger partial charge in [0.2, 0.25) is 5.75 Å². The maximum atomic E-state index is 10.2. The molecule has 2 saturated heterocycles. The van der Waals surface area contributed by atoms with E-state index in [2.05, 4.69) is 10.2 Å². The zero-order valence-electron chi connectivity index (χ0n) is 18.3. The van der Waals surface area contributed by atoms with Gasteiger partial charge in [-0.05, 0) is 49.3 Å². The molecule has 1 aromatic carbocycles. The average molecular weight is 423 g/mol. The Balaban J connectivity index is 1.35. The molecule has 5 atom stereocenters. The Morgan fingerprint density at radius 2 is 1.67 bits per heavy atom. The first-order valence-corrected chi connectivity index (χ1v) is 10.7. The van der Waals surface area contributed by atoms with Gasteiger partial charge in [0, 0.05) is 25.7 Å². The van der Waals surface area contributed by atoms with Gasteiger partial charge < -0.3 is 29.2 Å². The van der Waals surface area contributed by atoms with Gasteiger partial charge in [-0.15, -0.1) is 0 Å². The van der Waals surface area contributed by atoms with Gasteiger partial charge in [0.1, 0.15) is 17.9 Å². The summed E-state index contributed by atoms with van der Waals surface area (Å²) in [6.45, 7) is 4.93. The van der Waals surface area contributed by atoms with Crippen molar-refractivity contribution < 1.29 is 29.2 Å². The Bertz CT molecular complexity index is 722. The zero-order valence-corrected chi connectivity index (χ0v) is 18.3. The molecule has 2 heterocycles. The van der Waals surface area contributed by atoms with Crippen LogP contribution in [0.3, 0.4) is 0 Å². The van der Waals surface area contributed by atoms with E-state index in [9.17, 15) is 10.2 Å². The van der Waals surface area contributed by atoms with Crippen molar-refractivity contribution in [3.63, 3.8) is 0 Å². The predicted molar refractivity (Wildman–Crippen MR) is 111 cm³/mol. The first kappa shape index (κ1) is 21.6. The summed E-state index contributed by atoms with van der Waals surface area (Å²) in [6.07, 6.45) is 0.392. The Kier molecular flexibility index (Phi) is 6.14. The number of nitrogens with one attached hydrogen (secondary N) is 1. The minimum atomic E-state index is -0.894. The van der Waals surface area contributed by atoms with Crippen LogP contribution in [0.5, 0.6) is 17.2 Å². The summed E-state index contributed by atoms with van der Waals surface area (Å²) < 4.78 is 22.0. The Hall–Kier alpha value is -1.58. The molecule has 0 bridgehead atoms. The molecular weight excluding hydrogens is 388 g/mol. The zero-order chi connectivity index (χ0) is 21.5. The Morgan fingerprint density at radius 3 is 2.13 bits per heavy atom. The van der Waals surface area contributed by atoms with Crippen molar-refractivity contribution in [1.82, 2.24) is 10.2 Å². The van der Waals surface area contributed by atoms with Crippen LogP contribution in [0.4, 0.5) is 0 Å². The number of nitrogens with zero attached hydrogens (tertiary/aromatic N) is 1. The highest BCUT2D eigenvalue weighted by Gasteiger charge is 2.49. The number of aliphatic hydroxyl groups is 2. The standard InChI is InChI=1S/C22H34N2O6/c1-22(21(26)17(25)12-30-22)23-16-7-14-10-24(11-15(14)8-16)9-13-5-18(27-2)20(29-4)19(6-13)28-3/h5-6,14-17,21,23,25-26H,7-12H2,1-4H3. The van der Waals surface area contributed by atoms with Crippen LogP contribution in [-0.2, 0) is 11.3 Å². The van der Waals surface area contributed by atoms with Gasteiger partial charge in [-0.2, -0.15) is 0 Å². The van der Waals surface area contributed by atoms with Crippen LogP contribution in [0.25, 0.3) is 0 Å². The first-order valence-electron chi connectivity index (χ1n) is 10.7. The molecule has 5 unspecified atom stereocenters. The second-order valence-electron chi connectivity index (χ2n) is 8.99. The highest BCUT2D eigenvalue weighted by molar-refractivity contribution is 5.53. The quantitative estimate of drug-likeness (QED) is 0.599. The van der Waals surface area contributed by atoms with Crippen LogP contribution >= 0.6 is 0 Å². The molecule has 0 spiro atoms. The van der Waals surface area contributed by atoms with E-state index in [1.807, 2.05) is 19.1 Å². The summed E-state index contributed by atoms with van der Waals surface area (Å²) in [4.78, 5) is 2.48. The number of ether oxygens (including phenoxy) is 4. The molecule has 8 nitrogen and oxygen atoms in total. The number of rotatable bonds is 7. The minimum absolute atomic E-state index is 0.173. The van der Waals surface area contributed by atoms with Crippen LogP contribution in [0.2, 0.25) is 0 Å². The second-order valence-corrected chi connectivity index (χ2v) is 8.99. The molecule has 4 rings (SSSR count). The third-order valence-corrected chi connectivity index (χ3v) is 6.93. The molecular formula is C22H34N2O6. The van der Waals surface area contributed by atoms with Crippen LogP contribution in [0, 0.1) is 11.8 Å². The summed E-state index contributed by atoms with van der Waals surface area (Å²) in [5, 5.41) is 23.5. The van der Waals surface area contributed by atoms with Crippen molar-refractivity contribution in [2.24, 2.45) is 11.8 Å². The molecule has 30 heavy (non-hydrogen) atoms. The molecule has 3 aliphatic rings. The molecule has 0 amide bonds. The second kappa shape index (κ2) is 8.51. The number of hydrogen-bond acceptors (Lipinski definition) is 8. The van der Waals surface area contributed by atoms with E-state index >= 15 is 0 Å². The van der Waals surface area contributed by atoms with Crippen LogP contribution in [-0.4, -0.2) is 80.1 Å². The van der Waals surface area contributed by atoms with Crippen molar-refractivity contribution in [3.05, 3.63) is 17.7 Å². The third kappa shape index (κ3) is 3.99. The van der Waals surface area contributed by atoms with Crippen molar-refractivity contribution >= 4 is 0 Å². The topological polar surface area (TPSA) is 92.7 Å². The number of likely N-dealkylation sites (tertiary alicyclic amines) is 1. The first-order chi connectivity index (χ1) is 14.4. The Morgan fingerprint density at radius 1 is 1.07 bits per heavy atom. The molecule has 3 fully saturated rings. The summed E-state index contributed by atoms with van der Waals surface area (Å²) in [6, 6.07) is 4.34. The maximum Gasteiger partial charge on any atom is 0.203 e. The van der Waals surface area contributed by atoms with Gasteiger partial charge in [0.05, 0.1) is 27.9 Å². The fraction of sp³-hybridized carbons (Fsp3) is 0.727. The maximum absolute atomic E-state index is 10.2. The number of aliphatic hydroxyl groups excluding tert-OH is 2. The van der Waals surface area contributed by atoms with Crippen molar-refractivity contribution in [2.75, 3.05) is 41.0 Å². The average Bonchev–Trinajstić information content (AvgIpc) is 3.35. The van der Waals surface area contributed by atoms with E-state index in [0.717, 1.165) is 38.0 Å². The molecule has 8 heteroatoms. The Labute approximate surface area is 178 Å². The summed E-state index contributed by atoms with van der Waals surface area (Å²) >= 11 is 0. The van der Waals surface area contributed by atoms with Gasteiger partial charge in [-0.1, -0.05) is 0 Å². The van der Waals surface area contributed by atoms with Crippen molar-refractivity contribution in [1.29, 1.82) is 0 Å². The van der Waals surface area contributed by atoms with Gasteiger partial charge in [-0.25, -0.2) is 0 Å². The van der Waals surface area contributed by atoms with Crippen LogP contribution < -0.4 is 19.5 Å². The van der Waals surface area contributed by atoms with Gasteiger partial charge in [0.15, 0.2) is 11.5 Å². The SMILES string of the molecule is COc1cc(CN2CC3CC(NC4(C)OCC(O)C4O)CC3C2)cc(OC)c1OC. The summed E-state index contributed by atoms with van der Waals surface area (Å²) in [7, 11) is 4.89. The fourth-order valence-electron chi connectivity index (χ4n) is 5.46. The number of fused-ring (bicyclic) bond motifs is 1. The van der Waals surface area contributed by atoms with E-state index in [4.69, 9.17) is 18.9 Å². The predicted octanol–water partition coefficient (Wildman–Crippen LogP) is 0.981. The summed E-state index contributed by atoms with van der Waals surface area (Å²) in [5.41, 5.74) is 0.279. The summed E-state index contributed by atoms with van der Waals surface area (Å²) in [5.74, 6) is 3.22. The molecule has 168 valence electrons. The van der Waals surface area contributed by atoms with Gasteiger partial charge in [0.25, 0.3) is 0 Å². The van der Waals surface area contributed by atoms with Crippen LogP contribution in [0.1, 0.15) is 25.3 Å². The van der Waals surface area contributed by atoms with E-state index in [0.29, 0.717) is 35.1 Å². The fourth-order valence-corrected chi connectivity index (χ4v) is 5.46. The number of benzene rings is 1. The lowest BCUT2D eigenvalue weighted by Crippen LogP contribution is -2.55. The normalized spacial score (nSPS) is 36.1. The monoisotopic (exact) mass is 422 g/mol. The third-order valence-electron chi connectivity index (χ3n) is 6.93. The lowest BCUT2D eigenvalue weighted by molar-refractivity contribution is -0.0813. The van der Waals surface area contributed by atoms with E-state index in [1.165, 1.54) is 0 Å². The number of hydrogen-bond donors (Lipinski definition) is 3. The van der Waals surface area contributed by atoms with Crippen molar-refractivity contribution in [3.8, 4) is 17.2 Å². The lowest BCUT2D eigenvalue weighted by atomic mass is 10.0. The van der Waals surface area contributed by atoms with E-state index in [1.54, 1.807) is 21.3 Å². The molecule has 0 aromatic heterocycles.